The normalized spacial score (nSPS) is 11.8. The lowest BCUT2D eigenvalue weighted by Crippen LogP contribution is -2.08. The van der Waals surface area contributed by atoms with Gasteiger partial charge in [-0.25, -0.2) is 0 Å². The molecule has 0 heterocycles. The van der Waals surface area contributed by atoms with Crippen molar-refractivity contribution < 1.29 is 18.8 Å². The van der Waals surface area contributed by atoms with Gasteiger partial charge in [-0.3, -0.25) is 4.79 Å². The number of hydrogen-bond acceptors (Lipinski definition) is 4. The van der Waals surface area contributed by atoms with E-state index >= 15 is 0 Å². The van der Waals surface area contributed by atoms with Gasteiger partial charge in [-0.15, -0.1) is 0 Å². The Morgan fingerprint density at radius 3 is 2.40 bits per heavy atom. The van der Waals surface area contributed by atoms with Crippen LogP contribution in [-0.4, -0.2) is 26.2 Å². The Labute approximate surface area is 150 Å². The van der Waals surface area contributed by atoms with Gasteiger partial charge < -0.3 is 14.0 Å². The topological polar surface area (TPSA) is 52.6 Å². The van der Waals surface area contributed by atoms with Gasteiger partial charge in [-0.2, -0.15) is 0 Å². The Morgan fingerprint density at radius 1 is 1.00 bits per heavy atom. The number of benzene rings is 2. The summed E-state index contributed by atoms with van der Waals surface area (Å²) in [6, 6.07) is 12.6. The minimum atomic E-state index is -1.73. The molecular formula is C20H25O4P. The molecule has 0 aliphatic rings. The van der Waals surface area contributed by atoms with Gasteiger partial charge in [0.1, 0.15) is 0 Å². The largest absolute Gasteiger partial charge is 0.493 e. The summed E-state index contributed by atoms with van der Waals surface area (Å²) < 4.78 is 23.0. The molecule has 0 saturated heterocycles. The highest BCUT2D eigenvalue weighted by atomic mass is 31.1. The molecule has 0 amide bonds. The van der Waals surface area contributed by atoms with Crippen LogP contribution in [0.3, 0.4) is 0 Å². The van der Waals surface area contributed by atoms with Crippen molar-refractivity contribution in [1.29, 1.82) is 0 Å². The van der Waals surface area contributed by atoms with Gasteiger partial charge in [0.05, 0.1) is 27.6 Å². The van der Waals surface area contributed by atoms with Crippen LogP contribution in [0, 0.1) is 0 Å². The molecule has 134 valence electrons. The van der Waals surface area contributed by atoms with Gasteiger partial charge in [-0.1, -0.05) is 43.7 Å². The van der Waals surface area contributed by atoms with E-state index in [0.717, 1.165) is 24.6 Å². The highest BCUT2D eigenvalue weighted by molar-refractivity contribution is 7.43. The van der Waals surface area contributed by atoms with E-state index in [1.165, 1.54) is 7.11 Å². The number of carbonyl (C=O) groups is 1. The van der Waals surface area contributed by atoms with Crippen LogP contribution in [0.5, 0.6) is 11.5 Å². The van der Waals surface area contributed by atoms with Gasteiger partial charge >= 0.3 is 0 Å². The van der Waals surface area contributed by atoms with Crippen LogP contribution in [0.15, 0.2) is 42.5 Å². The molecule has 0 spiro atoms. The molecule has 0 N–H and O–H groups in total. The SMILES string of the molecule is CCCC[PH](=O)Cc1ccccc1C(=O)c1cccc(OC)c1OC. The van der Waals surface area contributed by atoms with Crippen LogP contribution in [0.25, 0.3) is 0 Å². The maximum Gasteiger partial charge on any atom is 0.197 e. The fourth-order valence-corrected chi connectivity index (χ4v) is 4.44. The summed E-state index contributed by atoms with van der Waals surface area (Å²) in [4.78, 5) is 13.1. The molecule has 0 aliphatic heterocycles. The maximum absolute atomic E-state index is 13.1. The minimum Gasteiger partial charge on any atom is -0.493 e. The number of unbranched alkanes of at least 4 members (excludes halogenated alkanes) is 1. The van der Waals surface area contributed by atoms with E-state index in [-0.39, 0.29) is 5.78 Å². The van der Waals surface area contributed by atoms with Crippen LogP contribution < -0.4 is 9.47 Å². The van der Waals surface area contributed by atoms with Crippen molar-refractivity contribution in [3.8, 4) is 11.5 Å². The van der Waals surface area contributed by atoms with Crippen molar-refractivity contribution >= 4 is 13.6 Å². The zero-order valence-electron chi connectivity index (χ0n) is 15.0. The first kappa shape index (κ1) is 19.3. The highest BCUT2D eigenvalue weighted by Crippen LogP contribution is 2.34. The first-order valence-corrected chi connectivity index (χ1v) is 10.3. The second-order valence-corrected chi connectivity index (χ2v) is 7.78. The number of ether oxygens (including phenoxy) is 2. The summed E-state index contributed by atoms with van der Waals surface area (Å²) in [5.74, 6) is 0.794. The van der Waals surface area contributed by atoms with Gasteiger partial charge in [-0.05, 0) is 30.3 Å². The number of carbonyl (C=O) groups excluding carboxylic acids is 1. The standard InChI is InChI=1S/C20H25O4P/c1-4-5-13-25(22)14-15-9-6-7-10-16(15)19(21)17-11-8-12-18(23-2)20(17)24-3/h6-12,25H,4-5,13-14H2,1-3H3. The molecular weight excluding hydrogens is 335 g/mol. The van der Waals surface area contributed by atoms with Crippen molar-refractivity contribution in [3.63, 3.8) is 0 Å². The van der Waals surface area contributed by atoms with E-state index in [0.29, 0.717) is 28.8 Å². The van der Waals surface area contributed by atoms with Crippen molar-refractivity contribution in [1.82, 2.24) is 0 Å². The molecule has 2 aromatic carbocycles. The van der Waals surface area contributed by atoms with E-state index < -0.39 is 7.80 Å². The van der Waals surface area contributed by atoms with Gasteiger partial charge in [0, 0.05) is 11.7 Å². The molecule has 0 bridgehead atoms. The number of ketones is 1. The Bertz CT molecular complexity index is 755. The summed E-state index contributed by atoms with van der Waals surface area (Å²) in [7, 11) is 1.33. The Morgan fingerprint density at radius 2 is 1.72 bits per heavy atom. The van der Waals surface area contributed by atoms with E-state index in [2.05, 4.69) is 6.92 Å². The Hall–Kier alpha value is -2.06. The first-order valence-electron chi connectivity index (χ1n) is 8.47. The molecule has 2 aromatic rings. The average Bonchev–Trinajstić information content (AvgIpc) is 2.65. The van der Waals surface area contributed by atoms with E-state index in [4.69, 9.17) is 9.47 Å². The lowest BCUT2D eigenvalue weighted by Gasteiger charge is -2.13. The van der Waals surface area contributed by atoms with Crippen LogP contribution in [0.4, 0.5) is 0 Å². The van der Waals surface area contributed by atoms with E-state index in [1.807, 2.05) is 18.2 Å². The number of rotatable bonds is 9. The van der Waals surface area contributed by atoms with E-state index in [9.17, 15) is 9.36 Å². The molecule has 0 saturated carbocycles. The van der Waals surface area contributed by atoms with Crippen molar-refractivity contribution in [2.24, 2.45) is 0 Å². The quantitative estimate of drug-likeness (QED) is 0.476. The first-order chi connectivity index (χ1) is 12.1. The zero-order valence-corrected chi connectivity index (χ0v) is 16.0. The summed E-state index contributed by atoms with van der Waals surface area (Å²) in [6.45, 7) is 2.09. The average molecular weight is 360 g/mol. The van der Waals surface area contributed by atoms with Gasteiger partial charge in [0.2, 0.25) is 0 Å². The second-order valence-electron chi connectivity index (χ2n) is 5.85. The van der Waals surface area contributed by atoms with Crippen LogP contribution in [0.1, 0.15) is 41.3 Å². The maximum atomic E-state index is 13.1. The van der Waals surface area contributed by atoms with Crippen molar-refractivity contribution in [2.75, 3.05) is 20.4 Å². The van der Waals surface area contributed by atoms with Crippen LogP contribution in [-0.2, 0) is 10.7 Å². The summed E-state index contributed by atoms with van der Waals surface area (Å²) in [5.41, 5.74) is 1.85. The third-order valence-electron chi connectivity index (χ3n) is 4.11. The summed E-state index contributed by atoms with van der Waals surface area (Å²) in [5, 5.41) is 0. The lowest BCUT2D eigenvalue weighted by atomic mass is 9.98. The predicted octanol–water partition coefficient (Wildman–Crippen LogP) is 4.79. The molecule has 5 heteroatoms. The van der Waals surface area contributed by atoms with Crippen molar-refractivity contribution in [3.05, 3.63) is 59.2 Å². The van der Waals surface area contributed by atoms with Crippen LogP contribution in [0.2, 0.25) is 0 Å². The van der Waals surface area contributed by atoms with Crippen LogP contribution >= 0.6 is 7.80 Å². The Balaban J connectivity index is 2.36. The lowest BCUT2D eigenvalue weighted by molar-refractivity contribution is 0.103. The molecule has 0 aliphatic carbocycles. The molecule has 1 unspecified atom stereocenters. The molecule has 0 aromatic heterocycles. The van der Waals surface area contributed by atoms with Gasteiger partial charge in [0.25, 0.3) is 0 Å². The monoisotopic (exact) mass is 360 g/mol. The smallest absolute Gasteiger partial charge is 0.197 e. The molecule has 4 nitrogen and oxygen atoms in total. The summed E-state index contributed by atoms with van der Waals surface area (Å²) >= 11 is 0. The number of methoxy groups -OCH3 is 2. The minimum absolute atomic E-state index is 0.142. The zero-order chi connectivity index (χ0) is 18.2. The highest BCUT2D eigenvalue weighted by Gasteiger charge is 2.20. The molecule has 25 heavy (non-hydrogen) atoms. The third kappa shape index (κ3) is 4.73. The molecule has 0 radical (unpaired) electrons. The summed E-state index contributed by atoms with van der Waals surface area (Å²) in [6.07, 6.45) is 3.17. The van der Waals surface area contributed by atoms with Crippen molar-refractivity contribution in [2.45, 2.75) is 25.9 Å². The fourth-order valence-electron chi connectivity index (χ4n) is 2.78. The van der Waals surface area contributed by atoms with E-state index in [1.54, 1.807) is 31.4 Å². The molecule has 1 atom stereocenters. The predicted molar refractivity (Wildman–Crippen MR) is 102 cm³/mol. The third-order valence-corrected chi connectivity index (χ3v) is 5.79. The Kier molecular flexibility index (Phi) is 7.27. The van der Waals surface area contributed by atoms with Gasteiger partial charge in [0.15, 0.2) is 17.3 Å². The fraction of sp³-hybridized carbons (Fsp3) is 0.350. The molecule has 2 rings (SSSR count). The number of hydrogen-bond donors (Lipinski definition) is 0. The number of para-hydroxylation sites is 1. The second kappa shape index (κ2) is 9.43. The molecule has 0 fully saturated rings.